The van der Waals surface area contributed by atoms with Crippen molar-refractivity contribution in [3.63, 3.8) is 0 Å². The van der Waals surface area contributed by atoms with Crippen molar-refractivity contribution >= 4 is 50.0 Å². The van der Waals surface area contributed by atoms with Crippen LogP contribution in [0.4, 0.5) is 5.69 Å². The monoisotopic (exact) mass is 731 g/mol. The van der Waals surface area contributed by atoms with Crippen LogP contribution in [0, 0.1) is 0 Å². The van der Waals surface area contributed by atoms with Gasteiger partial charge in [-0.2, -0.15) is 0 Å². The van der Waals surface area contributed by atoms with E-state index in [0.29, 0.717) is 0 Å². The smallest absolute Gasteiger partial charge is 0.146 e. The average Bonchev–Trinajstić information content (AvgIpc) is 3.78. The zero-order valence-corrected chi connectivity index (χ0v) is 31.1. The molecule has 4 heteroatoms. The molecule has 0 radical (unpaired) electrons. The second-order valence-corrected chi connectivity index (χ2v) is 16.0. The van der Waals surface area contributed by atoms with Crippen LogP contribution in [0.25, 0.3) is 71.9 Å². The van der Waals surface area contributed by atoms with E-state index in [1.54, 1.807) is 0 Å². The maximum absolute atomic E-state index is 6.67. The molecule has 9 aromatic carbocycles. The molecule has 2 N–H and O–H groups in total. The van der Waals surface area contributed by atoms with Crippen LogP contribution in [-0.2, 0) is 5.41 Å². The lowest BCUT2D eigenvalue weighted by Crippen LogP contribution is -2.32. The van der Waals surface area contributed by atoms with E-state index in [4.69, 9.17) is 10.7 Å². The molecule has 2 aliphatic rings. The molecule has 1 aliphatic heterocycles. The van der Waals surface area contributed by atoms with Crippen molar-refractivity contribution in [3.8, 4) is 39.3 Å². The molecule has 1 aromatic heterocycles. The molecule has 0 saturated carbocycles. The Kier molecular flexibility index (Phi) is 6.64. The first-order valence-electron chi connectivity index (χ1n) is 19.1. The fraction of sp³-hybridized carbons (Fsp3) is 0.0192. The van der Waals surface area contributed by atoms with E-state index in [9.17, 15) is 0 Å². The van der Waals surface area contributed by atoms with Crippen LogP contribution in [-0.4, -0.2) is 9.55 Å². The first kappa shape index (κ1) is 31.5. The van der Waals surface area contributed by atoms with Gasteiger partial charge in [0.1, 0.15) is 5.82 Å². The highest BCUT2D eigenvalue weighted by Gasteiger charge is 2.50. The number of rotatable bonds is 3. The predicted octanol–water partition coefficient (Wildman–Crippen LogP) is 13.1. The Balaban J connectivity index is 1.26. The summed E-state index contributed by atoms with van der Waals surface area (Å²) >= 11 is 1.87. The molecule has 3 nitrogen and oxygen atoms in total. The third-order valence-corrected chi connectivity index (χ3v) is 13.2. The van der Waals surface area contributed by atoms with Crippen LogP contribution < -0.4 is 5.73 Å². The highest BCUT2D eigenvalue weighted by molar-refractivity contribution is 7.99. The molecule has 56 heavy (non-hydrogen) atoms. The van der Waals surface area contributed by atoms with Crippen LogP contribution in [0.3, 0.4) is 0 Å². The maximum Gasteiger partial charge on any atom is 0.146 e. The average molecular weight is 732 g/mol. The van der Waals surface area contributed by atoms with Crippen molar-refractivity contribution in [1.82, 2.24) is 9.55 Å². The molecule has 0 saturated heterocycles. The molecule has 1 spiro atoms. The third-order valence-electron chi connectivity index (χ3n) is 12.0. The minimum atomic E-state index is -0.527. The molecule has 12 rings (SSSR count). The summed E-state index contributed by atoms with van der Waals surface area (Å²) in [6.07, 6.45) is 0. The van der Waals surface area contributed by atoms with Gasteiger partial charge in [-0.1, -0.05) is 145 Å². The fourth-order valence-electron chi connectivity index (χ4n) is 9.65. The van der Waals surface area contributed by atoms with Crippen LogP contribution >= 0.6 is 11.8 Å². The van der Waals surface area contributed by atoms with Gasteiger partial charge in [-0.05, 0) is 115 Å². The number of hydrogen-bond acceptors (Lipinski definition) is 3. The summed E-state index contributed by atoms with van der Waals surface area (Å²) in [6.45, 7) is 0. The Labute approximate surface area is 328 Å². The topological polar surface area (TPSA) is 43.8 Å². The molecule has 2 heterocycles. The van der Waals surface area contributed by atoms with Crippen molar-refractivity contribution in [3.05, 3.63) is 210 Å². The molecule has 1 aliphatic carbocycles. The molecule has 10 aromatic rings. The largest absolute Gasteiger partial charge is 0.398 e. The van der Waals surface area contributed by atoms with Gasteiger partial charge in [-0.15, -0.1) is 0 Å². The second kappa shape index (κ2) is 11.8. The highest BCUT2D eigenvalue weighted by atomic mass is 32.2. The number of benzene rings is 9. The maximum atomic E-state index is 6.67. The van der Waals surface area contributed by atoms with Crippen molar-refractivity contribution < 1.29 is 0 Å². The van der Waals surface area contributed by atoms with E-state index in [0.717, 1.165) is 55.7 Å². The van der Waals surface area contributed by atoms with Gasteiger partial charge in [0.25, 0.3) is 0 Å². The minimum Gasteiger partial charge on any atom is -0.398 e. The number of hydrogen-bond donors (Lipinski definition) is 1. The zero-order valence-electron chi connectivity index (χ0n) is 30.3. The Morgan fingerprint density at radius 1 is 0.446 bits per heavy atom. The van der Waals surface area contributed by atoms with Gasteiger partial charge in [0, 0.05) is 32.1 Å². The van der Waals surface area contributed by atoms with Crippen LogP contribution in [0.5, 0.6) is 0 Å². The van der Waals surface area contributed by atoms with Gasteiger partial charge in [0.15, 0.2) is 0 Å². The summed E-state index contributed by atoms with van der Waals surface area (Å²) in [5, 5.41) is 4.56. The number of nitrogens with two attached hydrogens (primary N) is 1. The van der Waals surface area contributed by atoms with Gasteiger partial charge in [0.2, 0.25) is 0 Å². The predicted molar refractivity (Wildman–Crippen MR) is 233 cm³/mol. The van der Waals surface area contributed by atoms with Crippen LogP contribution in [0.2, 0.25) is 0 Å². The van der Waals surface area contributed by atoms with Gasteiger partial charge in [-0.25, -0.2) is 4.98 Å². The van der Waals surface area contributed by atoms with Gasteiger partial charge < -0.3 is 5.73 Å². The Hall–Kier alpha value is -6.88. The van der Waals surface area contributed by atoms with Crippen molar-refractivity contribution in [2.24, 2.45) is 0 Å². The van der Waals surface area contributed by atoms with Gasteiger partial charge >= 0.3 is 0 Å². The normalized spacial score (nSPS) is 13.5. The number of nitrogens with zero attached hydrogens (tertiary/aromatic N) is 2. The first-order chi connectivity index (χ1) is 27.7. The fourth-order valence-corrected chi connectivity index (χ4v) is 10.8. The molecular formula is C52H33N3S. The summed E-state index contributed by atoms with van der Waals surface area (Å²) in [6, 6.07) is 68.6. The van der Waals surface area contributed by atoms with Crippen molar-refractivity contribution in [2.45, 2.75) is 15.2 Å². The van der Waals surface area contributed by atoms with Crippen LogP contribution in [0.1, 0.15) is 22.3 Å². The zero-order chi connectivity index (χ0) is 37.0. The minimum absolute atomic E-state index is 0.527. The van der Waals surface area contributed by atoms with Crippen molar-refractivity contribution in [1.29, 1.82) is 0 Å². The molecule has 0 unspecified atom stereocenters. The summed E-state index contributed by atoms with van der Waals surface area (Å²) in [5.41, 5.74) is 21.0. The lowest BCUT2D eigenvalue weighted by Gasteiger charge is -2.39. The summed E-state index contributed by atoms with van der Waals surface area (Å²) in [7, 11) is 0. The van der Waals surface area contributed by atoms with E-state index < -0.39 is 5.41 Å². The van der Waals surface area contributed by atoms with Crippen LogP contribution in [0.15, 0.2) is 198 Å². The Bertz CT molecular complexity index is 3220. The molecule has 262 valence electrons. The Morgan fingerprint density at radius 3 is 1.93 bits per heavy atom. The standard InChI is InChI=1S/C52H33N3S/c53-46-28-27-36(35-15-3-4-17-38(35)46)39-30-40-37-16-5-6-18-42(37)52(43-19-7-11-23-49(43)56-50-24-12-8-20-44(50)52)45(40)31-41(39)51-54-47-21-9-10-22-48(47)55(51)34-26-25-32-13-1-2-14-33(32)29-34/h1-31H,53H2. The number of aromatic nitrogens is 2. The summed E-state index contributed by atoms with van der Waals surface area (Å²) < 4.78 is 2.36. The first-order valence-corrected chi connectivity index (χ1v) is 19.9. The van der Waals surface area contributed by atoms with E-state index in [2.05, 4.69) is 193 Å². The van der Waals surface area contributed by atoms with Gasteiger partial charge in [-0.3, -0.25) is 4.57 Å². The lowest BCUT2D eigenvalue weighted by atomic mass is 9.67. The van der Waals surface area contributed by atoms with Crippen molar-refractivity contribution in [2.75, 3.05) is 5.73 Å². The second-order valence-electron chi connectivity index (χ2n) is 14.9. The Morgan fingerprint density at radius 2 is 1.11 bits per heavy atom. The SMILES string of the molecule is Nc1ccc(-c2cc3c(cc2-c2nc4ccccc4n2-c2ccc4ccccc4c2)C2(c4ccccc4Sc4ccccc42)c2ccccc2-3)c2ccccc12. The number of para-hydroxylation sites is 2. The molecule has 0 bridgehead atoms. The number of anilines is 1. The van der Waals surface area contributed by atoms with E-state index >= 15 is 0 Å². The summed E-state index contributed by atoms with van der Waals surface area (Å²) in [4.78, 5) is 8.12. The molecular weight excluding hydrogens is 699 g/mol. The molecule has 0 amide bonds. The van der Waals surface area contributed by atoms with E-state index in [1.165, 1.54) is 53.9 Å². The number of nitrogen functional groups attached to an aromatic ring is 1. The number of imidazole rings is 1. The van der Waals surface area contributed by atoms with Gasteiger partial charge in [0.05, 0.1) is 16.4 Å². The summed E-state index contributed by atoms with van der Waals surface area (Å²) in [5.74, 6) is 0.901. The highest BCUT2D eigenvalue weighted by Crippen LogP contribution is 2.63. The number of fused-ring (bicyclic) bond motifs is 12. The molecule has 0 fully saturated rings. The lowest BCUT2D eigenvalue weighted by molar-refractivity contribution is 0.722. The third kappa shape index (κ3) is 4.27. The van der Waals surface area contributed by atoms with E-state index in [-0.39, 0.29) is 0 Å². The van der Waals surface area contributed by atoms with E-state index in [1.807, 2.05) is 11.8 Å². The quantitative estimate of drug-likeness (QED) is 0.184. The molecule has 0 atom stereocenters.